The summed E-state index contributed by atoms with van der Waals surface area (Å²) in [5.74, 6) is -0.146. The van der Waals surface area contributed by atoms with Gasteiger partial charge in [0.05, 0.1) is 12.5 Å². The van der Waals surface area contributed by atoms with Gasteiger partial charge < -0.3 is 9.64 Å². The summed E-state index contributed by atoms with van der Waals surface area (Å²) in [6, 6.07) is 0.499. The summed E-state index contributed by atoms with van der Waals surface area (Å²) in [5.41, 5.74) is -0.424. The number of methoxy groups -OCH3 is 1. The van der Waals surface area contributed by atoms with E-state index < -0.39 is 5.41 Å². The Morgan fingerprint density at radius 3 is 2.36 bits per heavy atom. The molecule has 84 valence electrons. The molecule has 0 N–H and O–H groups in total. The van der Waals surface area contributed by atoms with Gasteiger partial charge in [-0.3, -0.25) is 4.79 Å². The maximum atomic E-state index is 11.4. The van der Waals surface area contributed by atoms with Gasteiger partial charge in [0.1, 0.15) is 0 Å². The number of hydrogen-bond acceptors (Lipinski definition) is 3. The van der Waals surface area contributed by atoms with E-state index in [1.165, 1.54) is 7.11 Å². The van der Waals surface area contributed by atoms with Crippen LogP contribution in [0, 0.1) is 5.41 Å². The van der Waals surface area contributed by atoms with Gasteiger partial charge in [-0.15, -0.1) is 0 Å². The van der Waals surface area contributed by atoms with Crippen LogP contribution >= 0.6 is 0 Å². The maximum absolute atomic E-state index is 11.4. The van der Waals surface area contributed by atoms with Crippen LogP contribution in [0.3, 0.4) is 0 Å². The summed E-state index contributed by atoms with van der Waals surface area (Å²) >= 11 is 0. The van der Waals surface area contributed by atoms with Gasteiger partial charge in [0.25, 0.3) is 0 Å². The van der Waals surface area contributed by atoms with Crippen LogP contribution in [-0.2, 0) is 9.53 Å². The van der Waals surface area contributed by atoms with Gasteiger partial charge in [0.15, 0.2) is 0 Å². The lowest BCUT2D eigenvalue weighted by Gasteiger charge is -2.31. The van der Waals surface area contributed by atoms with Crippen LogP contribution in [-0.4, -0.2) is 37.6 Å². The molecule has 0 aromatic rings. The first-order chi connectivity index (χ1) is 6.35. The molecule has 3 heteroatoms. The zero-order valence-corrected chi connectivity index (χ0v) is 10.3. The van der Waals surface area contributed by atoms with Gasteiger partial charge in [0, 0.05) is 12.6 Å². The van der Waals surface area contributed by atoms with Crippen molar-refractivity contribution in [1.82, 2.24) is 4.90 Å². The molecule has 0 fully saturated rings. The minimum atomic E-state index is -0.424. The fourth-order valence-electron chi connectivity index (χ4n) is 1.43. The molecule has 0 saturated heterocycles. The van der Waals surface area contributed by atoms with Gasteiger partial charge in [-0.25, -0.2) is 0 Å². The second kappa shape index (κ2) is 5.35. The van der Waals surface area contributed by atoms with Gasteiger partial charge in [0.2, 0.25) is 0 Å². The molecule has 0 rings (SSSR count). The molecule has 0 amide bonds. The predicted molar refractivity (Wildman–Crippen MR) is 58.2 cm³/mol. The Morgan fingerprint density at radius 2 is 2.00 bits per heavy atom. The molecular formula is C11H23NO2. The second-order valence-electron chi connectivity index (χ2n) is 4.55. The highest BCUT2D eigenvalue weighted by Crippen LogP contribution is 2.19. The summed E-state index contributed by atoms with van der Waals surface area (Å²) < 4.78 is 4.76. The molecule has 0 aliphatic heterocycles. The summed E-state index contributed by atoms with van der Waals surface area (Å²) in [6.07, 6.45) is 1.09. The van der Waals surface area contributed by atoms with Crippen molar-refractivity contribution >= 4 is 5.97 Å². The van der Waals surface area contributed by atoms with Crippen molar-refractivity contribution in [2.75, 3.05) is 20.7 Å². The molecular weight excluding hydrogens is 178 g/mol. The van der Waals surface area contributed by atoms with Crippen LogP contribution in [0.4, 0.5) is 0 Å². The van der Waals surface area contributed by atoms with Crippen LogP contribution in [0.1, 0.15) is 34.1 Å². The van der Waals surface area contributed by atoms with E-state index in [9.17, 15) is 4.79 Å². The van der Waals surface area contributed by atoms with E-state index in [4.69, 9.17) is 4.74 Å². The Hall–Kier alpha value is -0.570. The van der Waals surface area contributed by atoms with E-state index >= 15 is 0 Å². The number of esters is 1. The summed E-state index contributed by atoms with van der Waals surface area (Å²) in [6.45, 7) is 8.86. The number of ether oxygens (including phenoxy) is 1. The fraction of sp³-hybridized carbons (Fsp3) is 0.909. The summed E-state index contributed by atoms with van der Waals surface area (Å²) in [5, 5.41) is 0. The van der Waals surface area contributed by atoms with E-state index in [1.54, 1.807) is 0 Å². The van der Waals surface area contributed by atoms with E-state index in [0.29, 0.717) is 6.04 Å². The van der Waals surface area contributed by atoms with E-state index in [2.05, 4.69) is 18.7 Å². The first kappa shape index (κ1) is 13.4. The molecule has 0 aliphatic rings. The molecule has 0 radical (unpaired) electrons. The standard InChI is InChI=1S/C11H23NO2/c1-7-9(2)12(5)8-11(3,4)10(13)14-6/h9H,7-8H2,1-6H3. The van der Waals surface area contributed by atoms with Crippen molar-refractivity contribution in [3.05, 3.63) is 0 Å². The van der Waals surface area contributed by atoms with Crippen LogP contribution in [0.25, 0.3) is 0 Å². The van der Waals surface area contributed by atoms with Crippen LogP contribution < -0.4 is 0 Å². The average Bonchev–Trinajstić information content (AvgIpc) is 2.14. The Balaban J connectivity index is 4.28. The number of nitrogens with zero attached hydrogens (tertiary/aromatic N) is 1. The lowest BCUT2D eigenvalue weighted by molar-refractivity contribution is -0.151. The van der Waals surface area contributed by atoms with E-state index in [-0.39, 0.29) is 5.97 Å². The third kappa shape index (κ3) is 3.66. The van der Waals surface area contributed by atoms with Crippen LogP contribution in [0.2, 0.25) is 0 Å². The topological polar surface area (TPSA) is 29.5 Å². The maximum Gasteiger partial charge on any atom is 0.312 e. The van der Waals surface area contributed by atoms with Gasteiger partial charge in [-0.05, 0) is 34.2 Å². The lowest BCUT2D eigenvalue weighted by atomic mass is 9.92. The lowest BCUT2D eigenvalue weighted by Crippen LogP contribution is -2.41. The molecule has 0 bridgehead atoms. The molecule has 1 atom stereocenters. The first-order valence-electron chi connectivity index (χ1n) is 5.13. The summed E-state index contributed by atoms with van der Waals surface area (Å²) in [7, 11) is 3.48. The van der Waals surface area contributed by atoms with E-state index in [1.807, 2.05) is 20.9 Å². The average molecular weight is 201 g/mol. The molecule has 0 heterocycles. The number of hydrogen-bond donors (Lipinski definition) is 0. The number of carbonyl (C=O) groups is 1. The SMILES string of the molecule is CCC(C)N(C)CC(C)(C)C(=O)OC. The smallest absolute Gasteiger partial charge is 0.312 e. The minimum Gasteiger partial charge on any atom is -0.469 e. The van der Waals surface area contributed by atoms with Crippen molar-refractivity contribution in [3.63, 3.8) is 0 Å². The fourth-order valence-corrected chi connectivity index (χ4v) is 1.43. The van der Waals surface area contributed by atoms with Crippen molar-refractivity contribution in [2.45, 2.75) is 40.2 Å². The highest BCUT2D eigenvalue weighted by Gasteiger charge is 2.30. The Bertz CT molecular complexity index is 190. The third-order valence-corrected chi connectivity index (χ3v) is 2.73. The highest BCUT2D eigenvalue weighted by molar-refractivity contribution is 5.76. The number of carbonyl (C=O) groups excluding carboxylic acids is 1. The largest absolute Gasteiger partial charge is 0.469 e. The van der Waals surface area contributed by atoms with Gasteiger partial charge in [-0.2, -0.15) is 0 Å². The van der Waals surface area contributed by atoms with Crippen molar-refractivity contribution in [1.29, 1.82) is 0 Å². The third-order valence-electron chi connectivity index (χ3n) is 2.73. The predicted octanol–water partition coefficient (Wildman–Crippen LogP) is 1.92. The minimum absolute atomic E-state index is 0.146. The Labute approximate surface area is 87.4 Å². The van der Waals surface area contributed by atoms with Crippen molar-refractivity contribution in [3.8, 4) is 0 Å². The molecule has 14 heavy (non-hydrogen) atoms. The molecule has 3 nitrogen and oxygen atoms in total. The Morgan fingerprint density at radius 1 is 1.50 bits per heavy atom. The zero-order chi connectivity index (χ0) is 11.4. The highest BCUT2D eigenvalue weighted by atomic mass is 16.5. The molecule has 0 spiro atoms. The number of rotatable bonds is 5. The monoisotopic (exact) mass is 201 g/mol. The van der Waals surface area contributed by atoms with Crippen LogP contribution in [0.15, 0.2) is 0 Å². The Kier molecular flexibility index (Phi) is 5.13. The van der Waals surface area contributed by atoms with Crippen LogP contribution in [0.5, 0.6) is 0 Å². The molecule has 0 aliphatic carbocycles. The molecule has 0 aromatic heterocycles. The summed E-state index contributed by atoms with van der Waals surface area (Å²) in [4.78, 5) is 13.6. The molecule has 0 saturated carbocycles. The van der Waals surface area contributed by atoms with Gasteiger partial charge in [-0.1, -0.05) is 6.92 Å². The molecule has 0 aromatic carbocycles. The molecule has 1 unspecified atom stereocenters. The zero-order valence-electron chi connectivity index (χ0n) is 10.3. The normalized spacial score (nSPS) is 14.2. The van der Waals surface area contributed by atoms with E-state index in [0.717, 1.165) is 13.0 Å². The van der Waals surface area contributed by atoms with Crippen molar-refractivity contribution < 1.29 is 9.53 Å². The van der Waals surface area contributed by atoms with Gasteiger partial charge >= 0.3 is 5.97 Å². The first-order valence-corrected chi connectivity index (χ1v) is 5.13. The van der Waals surface area contributed by atoms with Crippen molar-refractivity contribution in [2.24, 2.45) is 5.41 Å². The quantitative estimate of drug-likeness (QED) is 0.636. The second-order valence-corrected chi connectivity index (χ2v) is 4.55.